The number of hydrogen-bond acceptors (Lipinski definition) is 4. The van der Waals surface area contributed by atoms with Gasteiger partial charge in [-0.2, -0.15) is 0 Å². The minimum Gasteiger partial charge on any atom is -0.457 e. The van der Waals surface area contributed by atoms with Crippen LogP contribution in [0.5, 0.6) is 0 Å². The van der Waals surface area contributed by atoms with E-state index in [0.29, 0.717) is 22.2 Å². The van der Waals surface area contributed by atoms with Gasteiger partial charge in [-0.05, 0) is 66.6 Å². The summed E-state index contributed by atoms with van der Waals surface area (Å²) in [4.78, 5) is 38.5. The Hall–Kier alpha value is -3.64. The molecule has 0 unspecified atom stereocenters. The first-order chi connectivity index (χ1) is 14.5. The van der Waals surface area contributed by atoms with E-state index < -0.39 is 17.8 Å². The quantitative estimate of drug-likeness (QED) is 0.484. The summed E-state index contributed by atoms with van der Waals surface area (Å²) in [6.45, 7) is 2.01. The van der Waals surface area contributed by atoms with Gasteiger partial charge in [0.25, 0.3) is 11.8 Å². The van der Waals surface area contributed by atoms with Crippen LogP contribution in [0.25, 0.3) is 17.4 Å². The van der Waals surface area contributed by atoms with Crippen molar-refractivity contribution in [2.45, 2.75) is 13.3 Å². The highest BCUT2D eigenvalue weighted by Gasteiger charge is 2.37. The molecule has 0 radical (unpaired) electrons. The highest BCUT2D eigenvalue weighted by atomic mass is 35.5. The van der Waals surface area contributed by atoms with Crippen molar-refractivity contribution in [2.24, 2.45) is 0 Å². The topological polar surface area (TPSA) is 79.6 Å². The molecule has 4 rings (SSSR count). The van der Waals surface area contributed by atoms with E-state index in [9.17, 15) is 14.4 Å². The smallest absolute Gasteiger partial charge is 0.335 e. The van der Waals surface area contributed by atoms with Gasteiger partial charge in [-0.1, -0.05) is 30.7 Å². The summed E-state index contributed by atoms with van der Waals surface area (Å²) in [5.74, 6) is -0.604. The number of halogens is 1. The van der Waals surface area contributed by atoms with E-state index in [1.54, 1.807) is 48.5 Å². The second-order valence-corrected chi connectivity index (χ2v) is 7.12. The number of hydrogen-bond donors (Lipinski definition) is 1. The second-order valence-electron chi connectivity index (χ2n) is 6.69. The number of carbonyl (C=O) groups excluding carboxylic acids is 3. The van der Waals surface area contributed by atoms with Crippen molar-refractivity contribution in [1.82, 2.24) is 5.32 Å². The van der Waals surface area contributed by atoms with Gasteiger partial charge in [0.2, 0.25) is 0 Å². The van der Waals surface area contributed by atoms with Crippen LogP contribution in [0.1, 0.15) is 18.2 Å². The molecule has 2 aromatic carbocycles. The van der Waals surface area contributed by atoms with Crippen molar-refractivity contribution < 1.29 is 18.8 Å². The number of anilines is 1. The summed E-state index contributed by atoms with van der Waals surface area (Å²) in [7, 11) is 0. The normalized spacial score (nSPS) is 15.6. The lowest BCUT2D eigenvalue weighted by Gasteiger charge is -2.26. The number of barbiturate groups is 1. The number of aryl methyl sites for hydroxylation is 1. The molecule has 1 N–H and O–H groups in total. The van der Waals surface area contributed by atoms with Gasteiger partial charge < -0.3 is 4.42 Å². The number of benzene rings is 2. The third-order valence-corrected chi connectivity index (χ3v) is 5.00. The first-order valence-electron chi connectivity index (χ1n) is 9.32. The summed E-state index contributed by atoms with van der Waals surface area (Å²) in [6, 6.07) is 16.7. The molecule has 0 bridgehead atoms. The van der Waals surface area contributed by atoms with Gasteiger partial charge in [0.1, 0.15) is 17.1 Å². The highest BCUT2D eigenvalue weighted by molar-refractivity contribution is 6.39. The third-order valence-electron chi connectivity index (χ3n) is 4.75. The van der Waals surface area contributed by atoms with Crippen molar-refractivity contribution >= 4 is 41.2 Å². The van der Waals surface area contributed by atoms with Crippen molar-refractivity contribution in [1.29, 1.82) is 0 Å². The lowest BCUT2D eigenvalue weighted by Crippen LogP contribution is -2.54. The molecule has 0 saturated carbocycles. The fourth-order valence-corrected chi connectivity index (χ4v) is 3.24. The molecule has 150 valence electrons. The van der Waals surface area contributed by atoms with Crippen LogP contribution in [0.4, 0.5) is 10.5 Å². The number of nitrogens with one attached hydrogen (secondary N) is 1. The Morgan fingerprint density at radius 3 is 2.33 bits per heavy atom. The molecule has 7 heteroatoms. The predicted octanol–water partition coefficient (Wildman–Crippen LogP) is 4.83. The average Bonchev–Trinajstić information content (AvgIpc) is 3.21. The van der Waals surface area contributed by atoms with Gasteiger partial charge in [-0.3, -0.25) is 14.9 Å². The highest BCUT2D eigenvalue weighted by Crippen LogP contribution is 2.27. The van der Waals surface area contributed by atoms with Crippen LogP contribution < -0.4 is 10.2 Å². The number of carbonyl (C=O) groups is 3. The van der Waals surface area contributed by atoms with E-state index in [1.807, 2.05) is 19.1 Å². The van der Waals surface area contributed by atoms with E-state index in [1.165, 1.54) is 6.08 Å². The molecule has 1 aliphatic heterocycles. The largest absolute Gasteiger partial charge is 0.457 e. The number of imide groups is 2. The Labute approximate surface area is 177 Å². The molecule has 1 aromatic heterocycles. The zero-order chi connectivity index (χ0) is 21.3. The molecule has 1 aliphatic rings. The standard InChI is InChI=1S/C23H17ClN2O4/c1-2-14-3-9-17(10-4-14)26-22(28)19(21(27)25-23(26)29)13-18-11-12-20(30-18)15-5-7-16(24)8-6-15/h3-13H,2H2,1H3,(H,25,27,29). The Morgan fingerprint density at radius 2 is 1.67 bits per heavy atom. The number of furan rings is 1. The van der Waals surface area contributed by atoms with Crippen molar-refractivity contribution in [3.05, 3.63) is 82.6 Å². The van der Waals surface area contributed by atoms with E-state index in [-0.39, 0.29) is 5.57 Å². The van der Waals surface area contributed by atoms with Crippen LogP contribution in [0.15, 0.2) is 70.7 Å². The number of rotatable bonds is 4. The van der Waals surface area contributed by atoms with Crippen LogP contribution >= 0.6 is 11.6 Å². The molecule has 2 heterocycles. The summed E-state index contributed by atoms with van der Waals surface area (Å²) in [5.41, 5.74) is 2.07. The zero-order valence-electron chi connectivity index (χ0n) is 16.0. The van der Waals surface area contributed by atoms with Gasteiger partial charge in [-0.25, -0.2) is 9.69 Å². The fourth-order valence-electron chi connectivity index (χ4n) is 3.11. The predicted molar refractivity (Wildman–Crippen MR) is 114 cm³/mol. The molecule has 0 atom stereocenters. The summed E-state index contributed by atoms with van der Waals surface area (Å²) >= 11 is 5.90. The van der Waals surface area contributed by atoms with E-state index in [2.05, 4.69) is 5.32 Å². The molecule has 30 heavy (non-hydrogen) atoms. The van der Waals surface area contributed by atoms with Gasteiger partial charge in [-0.15, -0.1) is 0 Å². The van der Waals surface area contributed by atoms with Gasteiger partial charge in [0, 0.05) is 10.6 Å². The fraction of sp³-hybridized carbons (Fsp3) is 0.0870. The number of nitrogens with zero attached hydrogens (tertiary/aromatic N) is 1. The SMILES string of the molecule is CCc1ccc(N2C(=O)NC(=O)C(=Cc3ccc(-c4ccc(Cl)cc4)o3)C2=O)cc1. The monoisotopic (exact) mass is 420 g/mol. The average molecular weight is 421 g/mol. The lowest BCUT2D eigenvalue weighted by molar-refractivity contribution is -0.122. The second kappa shape index (κ2) is 8.00. The van der Waals surface area contributed by atoms with Crippen LogP contribution in [0.3, 0.4) is 0 Å². The zero-order valence-corrected chi connectivity index (χ0v) is 16.8. The summed E-state index contributed by atoms with van der Waals surface area (Å²) in [6.07, 6.45) is 2.16. The lowest BCUT2D eigenvalue weighted by atomic mass is 10.1. The number of amides is 4. The van der Waals surface area contributed by atoms with Crippen molar-refractivity contribution in [3.63, 3.8) is 0 Å². The Bertz CT molecular complexity index is 1160. The van der Waals surface area contributed by atoms with E-state index >= 15 is 0 Å². The summed E-state index contributed by atoms with van der Waals surface area (Å²) in [5, 5.41) is 2.81. The van der Waals surface area contributed by atoms with Gasteiger partial charge in [0.05, 0.1) is 5.69 Å². The van der Waals surface area contributed by atoms with E-state index in [4.69, 9.17) is 16.0 Å². The maximum Gasteiger partial charge on any atom is 0.335 e. The minimum atomic E-state index is -0.785. The Kier molecular flexibility index (Phi) is 5.25. The van der Waals surface area contributed by atoms with Crippen LogP contribution in [-0.4, -0.2) is 17.8 Å². The van der Waals surface area contributed by atoms with Crippen molar-refractivity contribution in [3.8, 4) is 11.3 Å². The van der Waals surface area contributed by atoms with Crippen LogP contribution in [0, 0.1) is 0 Å². The minimum absolute atomic E-state index is 0.189. The molecular formula is C23H17ClN2O4. The van der Waals surface area contributed by atoms with Crippen LogP contribution in [0.2, 0.25) is 5.02 Å². The Balaban J connectivity index is 1.65. The first-order valence-corrected chi connectivity index (χ1v) is 9.70. The Morgan fingerprint density at radius 1 is 0.967 bits per heavy atom. The molecule has 3 aromatic rings. The molecule has 6 nitrogen and oxygen atoms in total. The molecule has 0 spiro atoms. The molecule has 1 saturated heterocycles. The molecule has 0 aliphatic carbocycles. The molecule has 4 amide bonds. The van der Waals surface area contributed by atoms with Crippen LogP contribution in [-0.2, 0) is 16.0 Å². The van der Waals surface area contributed by atoms with Crippen molar-refractivity contribution in [2.75, 3.05) is 4.90 Å². The van der Waals surface area contributed by atoms with Gasteiger partial charge >= 0.3 is 6.03 Å². The summed E-state index contributed by atoms with van der Waals surface area (Å²) < 4.78 is 5.75. The molecule has 1 fully saturated rings. The van der Waals surface area contributed by atoms with E-state index in [0.717, 1.165) is 22.4 Å². The third kappa shape index (κ3) is 3.77. The number of urea groups is 1. The van der Waals surface area contributed by atoms with Gasteiger partial charge in [0.15, 0.2) is 0 Å². The first kappa shape index (κ1) is 19.7. The maximum absolute atomic E-state index is 12.9. The maximum atomic E-state index is 12.9. The molecular weight excluding hydrogens is 404 g/mol.